The predicted octanol–water partition coefficient (Wildman–Crippen LogP) is 4.02. The van der Waals surface area contributed by atoms with E-state index in [9.17, 15) is 4.79 Å². The molecule has 3 rings (SSSR count). The van der Waals surface area contributed by atoms with E-state index in [1.165, 1.54) is 37.7 Å². The molecule has 2 heterocycles. The van der Waals surface area contributed by atoms with Crippen LogP contribution in [-0.4, -0.2) is 30.2 Å². The number of nitrogens with zero attached hydrogens (tertiary/aromatic N) is 1. The Morgan fingerprint density at radius 3 is 2.86 bits per heavy atom. The normalized spacial score (nSPS) is 25.3. The Balaban J connectivity index is 1.45. The number of benzene rings is 1. The molecule has 0 N–H and O–H groups in total. The lowest BCUT2D eigenvalue weighted by atomic mass is 9.86. The minimum absolute atomic E-state index is 0.0831. The number of unbranched alkanes of at least 4 members (excludes halogenated alkanes) is 1. The second-order valence-corrected chi connectivity index (χ2v) is 6.32. The molecule has 0 aliphatic carbocycles. The average molecular weight is 287 g/mol. The fraction of sp³-hybridized carbons (Fsp3) is 0.611. The highest BCUT2D eigenvalue weighted by atomic mass is 16.6. The maximum Gasteiger partial charge on any atom is 0.410 e. The summed E-state index contributed by atoms with van der Waals surface area (Å²) in [7, 11) is 0. The van der Waals surface area contributed by atoms with Gasteiger partial charge in [0.15, 0.2) is 0 Å². The van der Waals surface area contributed by atoms with Crippen molar-refractivity contribution in [2.75, 3.05) is 13.2 Å². The van der Waals surface area contributed by atoms with E-state index in [0.29, 0.717) is 18.6 Å². The first-order valence-electron chi connectivity index (χ1n) is 8.32. The van der Waals surface area contributed by atoms with Crippen molar-refractivity contribution in [3.8, 4) is 0 Å². The lowest BCUT2D eigenvalue weighted by Crippen LogP contribution is -2.53. The monoisotopic (exact) mass is 287 g/mol. The molecule has 2 atom stereocenters. The second-order valence-electron chi connectivity index (χ2n) is 6.32. The van der Waals surface area contributed by atoms with Crippen molar-refractivity contribution in [1.82, 2.24) is 4.90 Å². The molecule has 3 heteroatoms. The molecular formula is C18H25NO2. The molecule has 21 heavy (non-hydrogen) atoms. The van der Waals surface area contributed by atoms with E-state index in [4.69, 9.17) is 4.74 Å². The molecular weight excluding hydrogens is 262 g/mol. The van der Waals surface area contributed by atoms with Crippen LogP contribution < -0.4 is 0 Å². The maximum atomic E-state index is 11.8. The molecule has 114 valence electrons. The molecule has 0 bridgehead atoms. The van der Waals surface area contributed by atoms with Crippen LogP contribution in [0.15, 0.2) is 30.3 Å². The van der Waals surface area contributed by atoms with Crippen molar-refractivity contribution >= 4 is 6.09 Å². The molecule has 1 aromatic rings. The van der Waals surface area contributed by atoms with E-state index in [-0.39, 0.29) is 6.09 Å². The van der Waals surface area contributed by atoms with Crippen LogP contribution in [0.5, 0.6) is 0 Å². The molecule has 0 unspecified atom stereocenters. The van der Waals surface area contributed by atoms with Crippen molar-refractivity contribution in [3.63, 3.8) is 0 Å². The lowest BCUT2D eigenvalue weighted by molar-refractivity contribution is -0.0101. The minimum atomic E-state index is -0.0831. The summed E-state index contributed by atoms with van der Waals surface area (Å²) >= 11 is 0. The SMILES string of the molecule is O=C1OC[C@H](CCCCc2ccccc2)[C@@H]2CCCCN12. The van der Waals surface area contributed by atoms with Gasteiger partial charge in [0.2, 0.25) is 0 Å². The number of ether oxygens (including phenoxy) is 1. The standard InChI is InChI=1S/C18H25NO2/c20-18-19-13-7-6-12-17(19)16(14-21-18)11-5-4-10-15-8-2-1-3-9-15/h1-3,8-9,16-17H,4-7,10-14H2/t16-,17-/m0/s1. The summed E-state index contributed by atoms with van der Waals surface area (Å²) in [5.41, 5.74) is 1.42. The zero-order chi connectivity index (χ0) is 14.5. The van der Waals surface area contributed by atoms with Crippen LogP contribution >= 0.6 is 0 Å². The van der Waals surface area contributed by atoms with Crippen molar-refractivity contribution in [2.24, 2.45) is 5.92 Å². The van der Waals surface area contributed by atoms with Crippen molar-refractivity contribution in [3.05, 3.63) is 35.9 Å². The van der Waals surface area contributed by atoms with Gasteiger partial charge in [0.25, 0.3) is 0 Å². The molecule has 0 aromatic heterocycles. The minimum Gasteiger partial charge on any atom is -0.449 e. The summed E-state index contributed by atoms with van der Waals surface area (Å²) in [6.45, 7) is 1.52. The molecule has 2 aliphatic heterocycles. The Hall–Kier alpha value is -1.51. The van der Waals surface area contributed by atoms with Gasteiger partial charge >= 0.3 is 6.09 Å². The Kier molecular flexibility index (Phi) is 4.79. The van der Waals surface area contributed by atoms with Gasteiger partial charge in [-0.3, -0.25) is 0 Å². The van der Waals surface area contributed by atoms with E-state index in [0.717, 1.165) is 19.4 Å². The van der Waals surface area contributed by atoms with Crippen LogP contribution in [0.25, 0.3) is 0 Å². The third-order valence-electron chi connectivity index (χ3n) is 4.88. The van der Waals surface area contributed by atoms with Gasteiger partial charge in [-0.05, 0) is 44.1 Å². The smallest absolute Gasteiger partial charge is 0.410 e. The quantitative estimate of drug-likeness (QED) is 0.765. The number of cyclic esters (lactones) is 1. The highest BCUT2D eigenvalue weighted by Crippen LogP contribution is 2.31. The summed E-state index contributed by atoms with van der Waals surface area (Å²) in [6.07, 6.45) is 8.26. The van der Waals surface area contributed by atoms with Gasteiger partial charge in [-0.2, -0.15) is 0 Å². The van der Waals surface area contributed by atoms with Crippen LogP contribution in [0.4, 0.5) is 4.79 Å². The molecule has 1 amide bonds. The molecule has 2 aliphatic rings. The first kappa shape index (κ1) is 14.4. The van der Waals surface area contributed by atoms with Gasteiger partial charge in [-0.15, -0.1) is 0 Å². The van der Waals surface area contributed by atoms with Crippen LogP contribution in [0.3, 0.4) is 0 Å². The van der Waals surface area contributed by atoms with Crippen molar-refractivity contribution in [1.29, 1.82) is 0 Å². The summed E-state index contributed by atoms with van der Waals surface area (Å²) in [4.78, 5) is 13.8. The Morgan fingerprint density at radius 2 is 2.00 bits per heavy atom. The number of hydrogen-bond donors (Lipinski definition) is 0. The zero-order valence-electron chi connectivity index (χ0n) is 12.7. The number of piperidine rings is 1. The molecule has 0 saturated carbocycles. The van der Waals surface area contributed by atoms with Crippen molar-refractivity contribution < 1.29 is 9.53 Å². The number of hydrogen-bond acceptors (Lipinski definition) is 2. The molecule has 0 radical (unpaired) electrons. The number of aryl methyl sites for hydroxylation is 1. The number of carbonyl (C=O) groups excluding carboxylic acids is 1. The lowest BCUT2D eigenvalue weighted by Gasteiger charge is -2.43. The Morgan fingerprint density at radius 1 is 1.14 bits per heavy atom. The van der Waals surface area contributed by atoms with Gasteiger partial charge in [0.05, 0.1) is 6.61 Å². The molecule has 1 aromatic carbocycles. The molecule has 2 saturated heterocycles. The summed E-state index contributed by atoms with van der Waals surface area (Å²) < 4.78 is 5.36. The Labute approximate surface area is 127 Å². The largest absolute Gasteiger partial charge is 0.449 e. The predicted molar refractivity (Wildman–Crippen MR) is 83.2 cm³/mol. The van der Waals surface area contributed by atoms with Gasteiger partial charge in [0, 0.05) is 18.5 Å². The highest BCUT2D eigenvalue weighted by Gasteiger charge is 2.37. The van der Waals surface area contributed by atoms with Gasteiger partial charge in [-0.25, -0.2) is 4.79 Å². The van der Waals surface area contributed by atoms with E-state index in [2.05, 4.69) is 30.3 Å². The third-order valence-corrected chi connectivity index (χ3v) is 4.88. The number of fused-ring (bicyclic) bond motifs is 1. The van der Waals surface area contributed by atoms with Crippen molar-refractivity contribution in [2.45, 2.75) is 51.0 Å². The fourth-order valence-corrected chi connectivity index (χ4v) is 3.70. The summed E-state index contributed by atoms with van der Waals surface area (Å²) in [6, 6.07) is 11.1. The number of rotatable bonds is 5. The van der Waals surface area contributed by atoms with Crippen LogP contribution in [-0.2, 0) is 11.2 Å². The van der Waals surface area contributed by atoms with Gasteiger partial charge in [0.1, 0.15) is 0 Å². The van der Waals surface area contributed by atoms with E-state index >= 15 is 0 Å². The maximum absolute atomic E-state index is 11.8. The second kappa shape index (κ2) is 6.97. The fourth-order valence-electron chi connectivity index (χ4n) is 3.70. The number of amides is 1. The van der Waals surface area contributed by atoms with E-state index in [1.807, 2.05) is 4.90 Å². The molecule has 2 fully saturated rings. The Bertz CT molecular complexity index is 460. The summed E-state index contributed by atoms with van der Waals surface area (Å²) in [5, 5.41) is 0. The zero-order valence-corrected chi connectivity index (χ0v) is 12.7. The third kappa shape index (κ3) is 3.58. The summed E-state index contributed by atoms with van der Waals surface area (Å²) in [5.74, 6) is 0.541. The first-order chi connectivity index (χ1) is 10.3. The van der Waals surface area contributed by atoms with Gasteiger partial charge in [-0.1, -0.05) is 36.8 Å². The van der Waals surface area contributed by atoms with E-state index in [1.54, 1.807) is 0 Å². The first-order valence-corrected chi connectivity index (χ1v) is 8.32. The molecule has 3 nitrogen and oxygen atoms in total. The van der Waals surface area contributed by atoms with Crippen LogP contribution in [0.2, 0.25) is 0 Å². The highest BCUT2D eigenvalue weighted by molar-refractivity contribution is 5.69. The van der Waals surface area contributed by atoms with Gasteiger partial charge < -0.3 is 9.64 Å². The number of carbonyl (C=O) groups is 1. The topological polar surface area (TPSA) is 29.5 Å². The average Bonchev–Trinajstić information content (AvgIpc) is 2.55. The van der Waals surface area contributed by atoms with E-state index < -0.39 is 0 Å². The van der Waals surface area contributed by atoms with Crippen LogP contribution in [0.1, 0.15) is 44.1 Å². The van der Waals surface area contributed by atoms with Crippen LogP contribution in [0, 0.1) is 5.92 Å². The molecule has 0 spiro atoms.